The Morgan fingerprint density at radius 3 is 2.59 bits per heavy atom. The normalized spacial score (nSPS) is 24.8. The highest BCUT2D eigenvalue weighted by molar-refractivity contribution is 5.95. The lowest BCUT2D eigenvalue weighted by Gasteiger charge is -2.54. The van der Waals surface area contributed by atoms with Crippen molar-refractivity contribution in [3.8, 4) is 5.75 Å². The van der Waals surface area contributed by atoms with Crippen LogP contribution in [0.25, 0.3) is 0 Å². The van der Waals surface area contributed by atoms with Gasteiger partial charge in [0.15, 0.2) is 5.78 Å². The largest absolute Gasteiger partial charge is 0.508 e. The van der Waals surface area contributed by atoms with E-state index in [0.717, 1.165) is 16.0 Å². The lowest BCUT2D eigenvalue weighted by atomic mass is 9.58. The van der Waals surface area contributed by atoms with E-state index in [9.17, 15) is 27.9 Å². The van der Waals surface area contributed by atoms with Crippen LogP contribution < -0.4 is 0 Å². The maximum Gasteiger partial charge on any atom is 0.471 e. The molecule has 1 aromatic heterocycles. The molecular formula is C23H24F3N3O3. The highest BCUT2D eigenvalue weighted by Crippen LogP contribution is 2.50. The lowest BCUT2D eigenvalue weighted by Crippen LogP contribution is -2.61. The summed E-state index contributed by atoms with van der Waals surface area (Å²) in [6, 6.07) is 2.71. The molecule has 0 saturated carbocycles. The number of aromatic nitrogens is 2. The van der Waals surface area contributed by atoms with Crippen molar-refractivity contribution in [1.82, 2.24) is 14.9 Å². The number of rotatable bonds is 3. The number of carbonyl (C=O) groups is 2. The summed E-state index contributed by atoms with van der Waals surface area (Å²) < 4.78 is 39.5. The minimum Gasteiger partial charge on any atom is -0.508 e. The van der Waals surface area contributed by atoms with Gasteiger partial charge in [0.2, 0.25) is 0 Å². The van der Waals surface area contributed by atoms with E-state index in [1.165, 1.54) is 12.4 Å². The molecule has 2 aromatic rings. The van der Waals surface area contributed by atoms with Gasteiger partial charge in [-0.05, 0) is 48.3 Å². The molecule has 1 N–H and O–H groups in total. The van der Waals surface area contributed by atoms with Gasteiger partial charge in [0.25, 0.3) is 0 Å². The molecule has 2 heterocycles. The van der Waals surface area contributed by atoms with Crippen molar-refractivity contribution in [2.45, 2.75) is 57.7 Å². The summed E-state index contributed by atoms with van der Waals surface area (Å²) in [5, 5.41) is 10.6. The van der Waals surface area contributed by atoms with Gasteiger partial charge in [-0.3, -0.25) is 14.6 Å². The SMILES string of the molecule is Cc1cnc(C(=O)Cc2cc3c(cc2O)[C@]2(C)CCN(C(=O)C(F)(F)F)[C@H](C3)[C@H]2C)cn1. The van der Waals surface area contributed by atoms with Crippen molar-refractivity contribution in [3.63, 3.8) is 0 Å². The van der Waals surface area contributed by atoms with E-state index in [1.54, 1.807) is 19.1 Å². The number of halogens is 3. The van der Waals surface area contributed by atoms with Crippen LogP contribution in [0.1, 0.15) is 53.1 Å². The third-order valence-electron chi connectivity index (χ3n) is 7.12. The molecule has 1 aliphatic heterocycles. The second kappa shape index (κ2) is 7.56. The Morgan fingerprint density at radius 1 is 1.25 bits per heavy atom. The zero-order valence-corrected chi connectivity index (χ0v) is 18.0. The molecule has 9 heteroatoms. The van der Waals surface area contributed by atoms with E-state index in [2.05, 4.69) is 9.97 Å². The summed E-state index contributed by atoms with van der Waals surface area (Å²) in [4.78, 5) is 33.7. The first-order valence-corrected chi connectivity index (χ1v) is 10.5. The number of carbonyl (C=O) groups excluding carboxylic acids is 2. The fraction of sp³-hybridized carbons (Fsp3) is 0.478. The lowest BCUT2D eigenvalue weighted by molar-refractivity contribution is -0.192. The van der Waals surface area contributed by atoms with Crippen LogP contribution in [-0.2, 0) is 23.1 Å². The highest BCUT2D eigenvalue weighted by Gasteiger charge is 2.54. The molecule has 32 heavy (non-hydrogen) atoms. The molecule has 2 aliphatic rings. The summed E-state index contributed by atoms with van der Waals surface area (Å²) in [5.41, 5.74) is 2.36. The van der Waals surface area contributed by atoms with Gasteiger partial charge in [0.1, 0.15) is 11.4 Å². The van der Waals surface area contributed by atoms with Crippen LogP contribution in [0.2, 0.25) is 0 Å². The Kier molecular flexibility index (Phi) is 5.26. The van der Waals surface area contributed by atoms with Crippen molar-refractivity contribution in [1.29, 1.82) is 0 Å². The van der Waals surface area contributed by atoms with Gasteiger partial charge in [-0.15, -0.1) is 0 Å². The average Bonchev–Trinajstić information content (AvgIpc) is 2.71. The first kappa shape index (κ1) is 22.2. The van der Waals surface area contributed by atoms with E-state index in [1.807, 2.05) is 13.8 Å². The number of ketones is 1. The zero-order chi connectivity index (χ0) is 23.4. The van der Waals surface area contributed by atoms with Crippen molar-refractivity contribution in [3.05, 3.63) is 52.6 Å². The average molecular weight is 447 g/mol. The van der Waals surface area contributed by atoms with Gasteiger partial charge >= 0.3 is 12.1 Å². The quantitative estimate of drug-likeness (QED) is 0.728. The molecule has 1 amide bonds. The van der Waals surface area contributed by atoms with Gasteiger partial charge < -0.3 is 10.0 Å². The topological polar surface area (TPSA) is 83.4 Å². The molecule has 0 radical (unpaired) electrons. The van der Waals surface area contributed by atoms with Crippen molar-refractivity contribution in [2.75, 3.05) is 6.54 Å². The van der Waals surface area contributed by atoms with Crippen LogP contribution in [0.4, 0.5) is 13.2 Å². The number of hydrogen-bond donors (Lipinski definition) is 1. The van der Waals surface area contributed by atoms with Crippen molar-refractivity contribution in [2.24, 2.45) is 5.92 Å². The Morgan fingerprint density at radius 2 is 1.97 bits per heavy atom. The third kappa shape index (κ3) is 3.63. The Labute approximate surface area is 183 Å². The van der Waals surface area contributed by atoms with Gasteiger partial charge in [0.05, 0.1) is 11.9 Å². The van der Waals surface area contributed by atoms with E-state index < -0.39 is 23.5 Å². The van der Waals surface area contributed by atoms with Gasteiger partial charge in [-0.1, -0.05) is 19.9 Å². The molecule has 1 aliphatic carbocycles. The van der Waals surface area contributed by atoms with Gasteiger partial charge in [-0.25, -0.2) is 4.98 Å². The van der Waals surface area contributed by atoms with Crippen LogP contribution in [0, 0.1) is 12.8 Å². The first-order valence-electron chi connectivity index (χ1n) is 10.5. The standard InChI is InChI=1S/C23H24F3N3O3/c1-12-10-28-17(11-27-12)20(31)8-15-6-14-7-18-13(2)22(3,16(14)9-19(15)30)4-5-29(18)21(32)23(24,25)26/h6,9-11,13,18,30H,4-5,7-8H2,1-3H3/t13-,18-,22-/m1/s1. The molecular weight excluding hydrogens is 423 g/mol. The number of nitrogens with zero attached hydrogens (tertiary/aromatic N) is 3. The summed E-state index contributed by atoms with van der Waals surface area (Å²) in [6.07, 6.45) is -1.58. The number of phenolic OH excluding ortho intramolecular Hbond substituents is 1. The maximum absolute atomic E-state index is 13.2. The van der Waals surface area contributed by atoms with Crippen LogP contribution in [0.3, 0.4) is 0 Å². The number of piperidine rings is 1. The van der Waals surface area contributed by atoms with E-state index >= 15 is 0 Å². The highest BCUT2D eigenvalue weighted by atomic mass is 19.4. The molecule has 0 spiro atoms. The number of aryl methyl sites for hydroxylation is 1. The van der Waals surface area contributed by atoms with Crippen molar-refractivity contribution >= 4 is 11.7 Å². The summed E-state index contributed by atoms with van der Waals surface area (Å²) in [7, 11) is 0. The third-order valence-corrected chi connectivity index (χ3v) is 7.12. The molecule has 3 atom stereocenters. The van der Waals surface area contributed by atoms with Crippen molar-refractivity contribution < 1.29 is 27.9 Å². The molecule has 4 rings (SSSR count). The number of hydrogen-bond acceptors (Lipinski definition) is 5. The Bertz CT molecular complexity index is 1080. The second-order valence-electron chi connectivity index (χ2n) is 9.00. The van der Waals surface area contributed by atoms with Crippen LogP contribution in [0.15, 0.2) is 24.5 Å². The number of alkyl halides is 3. The molecule has 6 nitrogen and oxygen atoms in total. The Balaban J connectivity index is 1.67. The first-order chi connectivity index (χ1) is 14.9. The summed E-state index contributed by atoms with van der Waals surface area (Å²) in [5.74, 6) is -2.38. The number of likely N-dealkylation sites (tertiary alicyclic amines) is 1. The molecule has 1 saturated heterocycles. The summed E-state index contributed by atoms with van der Waals surface area (Å²) >= 11 is 0. The molecule has 1 aromatic carbocycles. The van der Waals surface area contributed by atoms with E-state index in [4.69, 9.17) is 0 Å². The fourth-order valence-corrected chi connectivity index (χ4v) is 5.07. The molecule has 1 fully saturated rings. The maximum atomic E-state index is 13.2. The predicted molar refractivity (Wildman–Crippen MR) is 109 cm³/mol. The summed E-state index contributed by atoms with van der Waals surface area (Å²) in [6.45, 7) is 5.58. The number of aromatic hydroxyl groups is 1. The molecule has 2 bridgehead atoms. The number of amides is 1. The number of phenols is 1. The number of benzene rings is 1. The van der Waals surface area contributed by atoms with E-state index in [0.29, 0.717) is 17.7 Å². The zero-order valence-electron chi connectivity index (χ0n) is 18.0. The van der Waals surface area contributed by atoms with Gasteiger partial charge in [0, 0.05) is 30.8 Å². The minimum atomic E-state index is -4.92. The number of Topliss-reactive ketones (excluding diaryl/α,β-unsaturated/α-hetero) is 1. The molecule has 0 unspecified atom stereocenters. The Hall–Kier alpha value is -2.97. The van der Waals surface area contributed by atoms with Gasteiger partial charge in [-0.2, -0.15) is 13.2 Å². The minimum absolute atomic E-state index is 0.0103. The van der Waals surface area contributed by atoms with Crippen LogP contribution in [-0.4, -0.2) is 50.4 Å². The smallest absolute Gasteiger partial charge is 0.471 e. The fourth-order valence-electron chi connectivity index (χ4n) is 5.07. The second-order valence-corrected chi connectivity index (χ2v) is 9.00. The van der Waals surface area contributed by atoms with Crippen LogP contribution >= 0.6 is 0 Å². The van der Waals surface area contributed by atoms with E-state index in [-0.39, 0.29) is 42.5 Å². The monoisotopic (exact) mass is 447 g/mol. The predicted octanol–water partition coefficient (Wildman–Crippen LogP) is 3.53. The number of fused-ring (bicyclic) bond motifs is 4. The van der Waals surface area contributed by atoms with Crippen LogP contribution in [0.5, 0.6) is 5.75 Å². The molecule has 170 valence electrons.